The molecule has 0 saturated heterocycles. The molecule has 0 aliphatic rings. The van der Waals surface area contributed by atoms with Crippen LogP contribution >= 0.6 is 15.9 Å². The molecule has 2 aromatic carbocycles. The number of para-hydroxylation sites is 1. The number of hydrogen-bond acceptors (Lipinski definition) is 2. The second kappa shape index (κ2) is 6.02. The number of hydrogen-bond donors (Lipinski definition) is 0. The highest BCUT2D eigenvalue weighted by Gasteiger charge is 2.13. The number of nitrogens with zero attached hydrogens (tertiary/aromatic N) is 1. The van der Waals surface area contributed by atoms with Gasteiger partial charge in [-0.3, -0.25) is 4.79 Å². The Hall–Kier alpha value is -1.61. The molecule has 2 aromatic rings. The molecule has 0 N–H and O–H groups in total. The van der Waals surface area contributed by atoms with Gasteiger partial charge in [-0.25, -0.2) is 0 Å². The fourth-order valence-electron chi connectivity index (χ4n) is 2.19. The van der Waals surface area contributed by atoms with Crippen molar-refractivity contribution in [2.75, 3.05) is 11.4 Å². The molecule has 0 amide bonds. The minimum absolute atomic E-state index is 0.702. The summed E-state index contributed by atoms with van der Waals surface area (Å²) in [5.74, 6) is 0. The zero-order valence-electron chi connectivity index (χ0n) is 11.1. The number of aryl methyl sites for hydroxylation is 1. The van der Waals surface area contributed by atoms with Crippen LogP contribution in [-0.2, 0) is 0 Å². The molecule has 3 heteroatoms. The molecule has 0 bridgehead atoms. The summed E-state index contributed by atoms with van der Waals surface area (Å²) in [5.41, 5.74) is 3.96. The van der Waals surface area contributed by atoms with E-state index < -0.39 is 0 Å². The van der Waals surface area contributed by atoms with Crippen molar-refractivity contribution in [2.45, 2.75) is 13.8 Å². The summed E-state index contributed by atoms with van der Waals surface area (Å²) in [6.07, 6.45) is 0.905. The maximum Gasteiger partial charge on any atom is 0.152 e. The summed E-state index contributed by atoms with van der Waals surface area (Å²) in [6, 6.07) is 13.9. The molecule has 2 nitrogen and oxygen atoms in total. The fraction of sp³-hybridized carbons (Fsp3) is 0.188. The lowest BCUT2D eigenvalue weighted by Gasteiger charge is -2.26. The van der Waals surface area contributed by atoms with E-state index in [-0.39, 0.29) is 0 Å². The summed E-state index contributed by atoms with van der Waals surface area (Å²) in [7, 11) is 0. The van der Waals surface area contributed by atoms with E-state index in [1.54, 1.807) is 0 Å². The van der Waals surface area contributed by atoms with Crippen LogP contribution in [0.1, 0.15) is 22.8 Å². The molecular formula is C16H16BrNO. The summed E-state index contributed by atoms with van der Waals surface area (Å²) < 4.78 is 0.972. The molecule has 0 spiro atoms. The molecule has 0 unspecified atom stereocenters. The number of carbonyl (C=O) groups excluding carboxylic acids is 1. The van der Waals surface area contributed by atoms with Crippen LogP contribution in [0.2, 0.25) is 0 Å². The molecule has 0 aliphatic heterocycles. The van der Waals surface area contributed by atoms with Gasteiger partial charge < -0.3 is 4.90 Å². The molecule has 0 heterocycles. The first kappa shape index (κ1) is 13.8. The number of rotatable bonds is 4. The van der Waals surface area contributed by atoms with E-state index in [1.807, 2.05) is 30.3 Å². The number of halogens is 1. The highest BCUT2D eigenvalue weighted by molar-refractivity contribution is 9.10. The van der Waals surface area contributed by atoms with Gasteiger partial charge in [-0.05, 0) is 43.7 Å². The van der Waals surface area contributed by atoms with Gasteiger partial charge in [0, 0.05) is 22.3 Å². The van der Waals surface area contributed by atoms with Gasteiger partial charge in [0.25, 0.3) is 0 Å². The summed E-state index contributed by atoms with van der Waals surface area (Å²) in [6.45, 7) is 4.97. The molecule has 0 atom stereocenters. The second-order valence-corrected chi connectivity index (χ2v) is 5.27. The Bertz CT molecular complexity index is 595. The molecule has 98 valence electrons. The van der Waals surface area contributed by atoms with Gasteiger partial charge in [0.15, 0.2) is 6.29 Å². The van der Waals surface area contributed by atoms with Crippen LogP contribution in [0, 0.1) is 6.92 Å². The zero-order valence-corrected chi connectivity index (χ0v) is 12.6. The Morgan fingerprint density at radius 1 is 1.16 bits per heavy atom. The second-order valence-electron chi connectivity index (χ2n) is 4.35. The minimum Gasteiger partial charge on any atom is -0.341 e. The van der Waals surface area contributed by atoms with E-state index in [2.05, 4.69) is 46.8 Å². The van der Waals surface area contributed by atoms with E-state index >= 15 is 0 Å². The van der Waals surface area contributed by atoms with Gasteiger partial charge in [0.2, 0.25) is 0 Å². The van der Waals surface area contributed by atoms with E-state index in [9.17, 15) is 4.79 Å². The average molecular weight is 318 g/mol. The van der Waals surface area contributed by atoms with Crippen LogP contribution in [0.5, 0.6) is 0 Å². The Morgan fingerprint density at radius 2 is 1.89 bits per heavy atom. The Labute approximate surface area is 122 Å². The van der Waals surface area contributed by atoms with Gasteiger partial charge in [-0.15, -0.1) is 0 Å². The molecule has 0 aliphatic carbocycles. The maximum atomic E-state index is 11.2. The Kier molecular flexibility index (Phi) is 4.38. The molecule has 0 aromatic heterocycles. The molecular weight excluding hydrogens is 302 g/mol. The first-order chi connectivity index (χ1) is 9.17. The lowest BCUT2D eigenvalue weighted by molar-refractivity contribution is 0.112. The standard InChI is InChI=1S/C16H16BrNO/c1-3-18(15-7-5-4-6-12(15)2)16-10-14(17)9-8-13(16)11-19/h4-11H,3H2,1-2H3. The fourth-order valence-corrected chi connectivity index (χ4v) is 2.54. The first-order valence-electron chi connectivity index (χ1n) is 6.25. The minimum atomic E-state index is 0.702. The van der Waals surface area contributed by atoms with Crippen LogP contribution < -0.4 is 4.90 Å². The Balaban J connectivity index is 2.57. The largest absolute Gasteiger partial charge is 0.341 e. The van der Waals surface area contributed by atoms with Gasteiger partial charge in [-0.1, -0.05) is 34.1 Å². The van der Waals surface area contributed by atoms with Crippen molar-refractivity contribution in [2.24, 2.45) is 0 Å². The van der Waals surface area contributed by atoms with Gasteiger partial charge in [0.1, 0.15) is 0 Å². The summed E-state index contributed by atoms with van der Waals surface area (Å²) in [5, 5.41) is 0. The molecule has 0 radical (unpaired) electrons. The number of benzene rings is 2. The number of aldehydes is 1. The van der Waals surface area contributed by atoms with Crippen LogP contribution in [-0.4, -0.2) is 12.8 Å². The number of carbonyl (C=O) groups is 1. The first-order valence-corrected chi connectivity index (χ1v) is 7.04. The monoisotopic (exact) mass is 317 g/mol. The lowest BCUT2D eigenvalue weighted by Crippen LogP contribution is -2.18. The van der Waals surface area contributed by atoms with Crippen LogP contribution in [0.4, 0.5) is 11.4 Å². The third-order valence-corrected chi connectivity index (χ3v) is 3.63. The SMILES string of the molecule is CCN(c1ccccc1C)c1cc(Br)ccc1C=O. The summed E-state index contributed by atoms with van der Waals surface area (Å²) >= 11 is 3.47. The van der Waals surface area contributed by atoms with Crippen molar-refractivity contribution in [1.29, 1.82) is 0 Å². The smallest absolute Gasteiger partial charge is 0.152 e. The van der Waals surface area contributed by atoms with Crippen molar-refractivity contribution in [3.05, 3.63) is 58.1 Å². The third-order valence-electron chi connectivity index (χ3n) is 3.13. The quantitative estimate of drug-likeness (QED) is 0.760. The molecule has 19 heavy (non-hydrogen) atoms. The lowest BCUT2D eigenvalue weighted by atomic mass is 10.1. The van der Waals surface area contributed by atoms with Gasteiger partial charge >= 0.3 is 0 Å². The van der Waals surface area contributed by atoms with Crippen molar-refractivity contribution in [3.8, 4) is 0 Å². The van der Waals surface area contributed by atoms with E-state index in [1.165, 1.54) is 5.56 Å². The Morgan fingerprint density at radius 3 is 2.53 bits per heavy atom. The normalized spacial score (nSPS) is 10.3. The predicted molar refractivity (Wildman–Crippen MR) is 83.4 cm³/mol. The zero-order chi connectivity index (χ0) is 13.8. The van der Waals surface area contributed by atoms with Crippen molar-refractivity contribution >= 4 is 33.6 Å². The van der Waals surface area contributed by atoms with Crippen LogP contribution in [0.3, 0.4) is 0 Å². The summed E-state index contributed by atoms with van der Waals surface area (Å²) in [4.78, 5) is 13.4. The highest BCUT2D eigenvalue weighted by Crippen LogP contribution is 2.32. The number of anilines is 2. The molecule has 0 saturated carbocycles. The highest BCUT2D eigenvalue weighted by atomic mass is 79.9. The van der Waals surface area contributed by atoms with E-state index in [0.29, 0.717) is 5.56 Å². The van der Waals surface area contributed by atoms with Gasteiger partial charge in [0.05, 0.1) is 5.69 Å². The topological polar surface area (TPSA) is 20.3 Å². The third kappa shape index (κ3) is 2.87. The van der Waals surface area contributed by atoms with Crippen molar-refractivity contribution in [3.63, 3.8) is 0 Å². The molecule has 0 fully saturated rings. The van der Waals surface area contributed by atoms with Crippen molar-refractivity contribution in [1.82, 2.24) is 0 Å². The van der Waals surface area contributed by atoms with Gasteiger partial charge in [-0.2, -0.15) is 0 Å². The van der Waals surface area contributed by atoms with Crippen LogP contribution in [0.15, 0.2) is 46.9 Å². The maximum absolute atomic E-state index is 11.2. The van der Waals surface area contributed by atoms with Crippen LogP contribution in [0.25, 0.3) is 0 Å². The average Bonchev–Trinajstić information content (AvgIpc) is 2.42. The van der Waals surface area contributed by atoms with E-state index in [0.717, 1.165) is 28.7 Å². The molecule has 2 rings (SSSR count). The predicted octanol–water partition coefficient (Wildman–Crippen LogP) is 4.73. The van der Waals surface area contributed by atoms with E-state index in [4.69, 9.17) is 0 Å². The van der Waals surface area contributed by atoms with Crippen molar-refractivity contribution < 1.29 is 4.79 Å².